The molecule has 1 saturated heterocycles. The Hall–Kier alpha value is -0.160. The van der Waals surface area contributed by atoms with Gasteiger partial charge in [-0.1, -0.05) is 0 Å². The van der Waals surface area contributed by atoms with Crippen molar-refractivity contribution in [3.63, 3.8) is 0 Å². The second kappa shape index (κ2) is 6.53. The Morgan fingerprint density at radius 2 is 1.89 bits per heavy atom. The van der Waals surface area contributed by atoms with E-state index in [1.54, 1.807) is 0 Å². The quantitative estimate of drug-likeness (QED) is 0.742. The lowest BCUT2D eigenvalue weighted by molar-refractivity contribution is -0.104. The molecular weight excluding hydrogens is 242 g/mol. The van der Waals surface area contributed by atoms with E-state index in [1.807, 2.05) is 0 Å². The van der Waals surface area contributed by atoms with E-state index in [0.717, 1.165) is 19.3 Å². The third-order valence-corrected chi connectivity index (χ3v) is 4.14. The maximum absolute atomic E-state index is 9.54. The Bertz CT molecular complexity index is 273. The Labute approximate surface area is 116 Å². The molecule has 0 bridgehead atoms. The van der Waals surface area contributed by atoms with E-state index in [2.05, 4.69) is 26.1 Å². The Kier molecular flexibility index (Phi) is 5.23. The summed E-state index contributed by atoms with van der Waals surface area (Å²) in [6.45, 7) is 7.19. The van der Waals surface area contributed by atoms with Crippen molar-refractivity contribution in [2.75, 3.05) is 13.2 Å². The topological polar surface area (TPSA) is 50.7 Å². The van der Waals surface area contributed by atoms with Crippen LogP contribution in [0.4, 0.5) is 0 Å². The molecular formula is C15H29NO3. The van der Waals surface area contributed by atoms with E-state index < -0.39 is 0 Å². The third kappa shape index (κ3) is 5.03. The van der Waals surface area contributed by atoms with E-state index in [4.69, 9.17) is 9.47 Å². The molecule has 2 fully saturated rings. The standard InChI is InChI=1S/C15H29NO3/c1-11-8-14(9-12(2)19-11)18-7-6-15(3,10-17)16-13-4-5-13/h11-14,16-17H,4-10H2,1-3H3. The predicted octanol–water partition coefficient (Wildman–Crippen LogP) is 1.85. The number of rotatable bonds is 7. The van der Waals surface area contributed by atoms with Gasteiger partial charge in [-0.3, -0.25) is 0 Å². The van der Waals surface area contributed by atoms with Crippen molar-refractivity contribution in [2.24, 2.45) is 0 Å². The molecule has 1 aliphatic heterocycles. The van der Waals surface area contributed by atoms with Gasteiger partial charge in [0.2, 0.25) is 0 Å². The summed E-state index contributed by atoms with van der Waals surface area (Å²) in [4.78, 5) is 0. The van der Waals surface area contributed by atoms with Gasteiger partial charge >= 0.3 is 0 Å². The van der Waals surface area contributed by atoms with Crippen LogP contribution < -0.4 is 5.32 Å². The van der Waals surface area contributed by atoms with Crippen LogP contribution >= 0.6 is 0 Å². The fraction of sp³-hybridized carbons (Fsp3) is 1.00. The van der Waals surface area contributed by atoms with E-state index in [1.165, 1.54) is 12.8 Å². The summed E-state index contributed by atoms with van der Waals surface area (Å²) in [5.74, 6) is 0. The molecule has 1 saturated carbocycles. The second-order valence-corrected chi connectivity index (χ2v) is 6.61. The minimum atomic E-state index is -0.191. The summed E-state index contributed by atoms with van der Waals surface area (Å²) < 4.78 is 11.7. The maximum atomic E-state index is 9.54. The lowest BCUT2D eigenvalue weighted by Crippen LogP contribution is -2.48. The lowest BCUT2D eigenvalue weighted by Gasteiger charge is -2.34. The van der Waals surface area contributed by atoms with Crippen molar-refractivity contribution in [1.82, 2.24) is 5.32 Å². The Balaban J connectivity index is 1.69. The van der Waals surface area contributed by atoms with Crippen molar-refractivity contribution in [3.05, 3.63) is 0 Å². The van der Waals surface area contributed by atoms with Gasteiger partial charge in [-0.15, -0.1) is 0 Å². The lowest BCUT2D eigenvalue weighted by atomic mass is 9.99. The number of aliphatic hydroxyl groups excluding tert-OH is 1. The monoisotopic (exact) mass is 271 g/mol. The van der Waals surface area contributed by atoms with Crippen LogP contribution in [0.2, 0.25) is 0 Å². The molecule has 3 unspecified atom stereocenters. The van der Waals surface area contributed by atoms with Gasteiger partial charge in [-0.2, -0.15) is 0 Å². The summed E-state index contributed by atoms with van der Waals surface area (Å²) in [5, 5.41) is 13.1. The zero-order valence-electron chi connectivity index (χ0n) is 12.5. The van der Waals surface area contributed by atoms with Gasteiger partial charge in [0.05, 0.1) is 24.9 Å². The molecule has 0 radical (unpaired) electrons. The highest BCUT2D eigenvalue weighted by molar-refractivity contribution is 4.92. The SMILES string of the molecule is CC1CC(OCCC(C)(CO)NC2CC2)CC(C)O1. The van der Waals surface area contributed by atoms with Gasteiger partial charge in [-0.05, 0) is 52.9 Å². The van der Waals surface area contributed by atoms with Crippen LogP contribution in [-0.4, -0.2) is 48.2 Å². The van der Waals surface area contributed by atoms with Crippen molar-refractivity contribution in [3.8, 4) is 0 Å². The number of aliphatic hydroxyl groups is 1. The normalized spacial score (nSPS) is 35.1. The van der Waals surface area contributed by atoms with Crippen LogP contribution in [0.15, 0.2) is 0 Å². The maximum Gasteiger partial charge on any atom is 0.0624 e. The molecule has 1 heterocycles. The van der Waals surface area contributed by atoms with Crippen LogP contribution in [0.3, 0.4) is 0 Å². The Morgan fingerprint density at radius 3 is 2.42 bits per heavy atom. The molecule has 2 aliphatic rings. The Morgan fingerprint density at radius 1 is 1.26 bits per heavy atom. The molecule has 3 atom stereocenters. The fourth-order valence-electron chi connectivity index (χ4n) is 2.85. The highest BCUT2D eigenvalue weighted by Gasteiger charge is 2.32. The average molecular weight is 271 g/mol. The van der Waals surface area contributed by atoms with E-state index in [-0.39, 0.29) is 12.1 Å². The van der Waals surface area contributed by atoms with Gasteiger partial charge < -0.3 is 19.9 Å². The molecule has 2 rings (SSSR count). The molecule has 2 N–H and O–H groups in total. The van der Waals surface area contributed by atoms with Gasteiger partial charge in [0.1, 0.15) is 0 Å². The van der Waals surface area contributed by atoms with E-state index in [9.17, 15) is 5.11 Å². The smallest absolute Gasteiger partial charge is 0.0624 e. The summed E-state index contributed by atoms with van der Waals surface area (Å²) >= 11 is 0. The first-order chi connectivity index (χ1) is 9.00. The first-order valence-electron chi connectivity index (χ1n) is 7.66. The third-order valence-electron chi connectivity index (χ3n) is 4.14. The molecule has 0 aromatic rings. The first-order valence-corrected chi connectivity index (χ1v) is 7.66. The van der Waals surface area contributed by atoms with Crippen molar-refractivity contribution in [1.29, 1.82) is 0 Å². The highest BCUT2D eigenvalue weighted by Crippen LogP contribution is 2.25. The van der Waals surface area contributed by atoms with Crippen LogP contribution in [0.25, 0.3) is 0 Å². The predicted molar refractivity (Wildman–Crippen MR) is 75.2 cm³/mol. The number of nitrogens with one attached hydrogen (secondary N) is 1. The first kappa shape index (κ1) is 15.2. The van der Waals surface area contributed by atoms with E-state index >= 15 is 0 Å². The van der Waals surface area contributed by atoms with Gasteiger partial charge in [0, 0.05) is 18.2 Å². The van der Waals surface area contributed by atoms with Gasteiger partial charge in [0.15, 0.2) is 0 Å². The van der Waals surface area contributed by atoms with Crippen molar-refractivity contribution < 1.29 is 14.6 Å². The van der Waals surface area contributed by atoms with Crippen molar-refractivity contribution in [2.45, 2.75) is 82.8 Å². The summed E-state index contributed by atoms with van der Waals surface area (Å²) in [7, 11) is 0. The average Bonchev–Trinajstić information content (AvgIpc) is 3.11. The molecule has 4 nitrogen and oxygen atoms in total. The summed E-state index contributed by atoms with van der Waals surface area (Å²) in [6.07, 6.45) is 6.21. The zero-order valence-corrected chi connectivity index (χ0v) is 12.5. The summed E-state index contributed by atoms with van der Waals surface area (Å²) in [5.41, 5.74) is -0.191. The van der Waals surface area contributed by atoms with Crippen LogP contribution in [-0.2, 0) is 9.47 Å². The number of hydrogen-bond acceptors (Lipinski definition) is 4. The van der Waals surface area contributed by atoms with Crippen LogP contribution in [0.1, 0.15) is 52.9 Å². The molecule has 0 aromatic carbocycles. The second-order valence-electron chi connectivity index (χ2n) is 6.61. The van der Waals surface area contributed by atoms with Crippen LogP contribution in [0, 0.1) is 0 Å². The van der Waals surface area contributed by atoms with Crippen LogP contribution in [0.5, 0.6) is 0 Å². The van der Waals surface area contributed by atoms with Crippen molar-refractivity contribution >= 4 is 0 Å². The molecule has 1 aliphatic carbocycles. The molecule has 19 heavy (non-hydrogen) atoms. The summed E-state index contributed by atoms with van der Waals surface area (Å²) in [6, 6.07) is 0.611. The largest absolute Gasteiger partial charge is 0.394 e. The minimum absolute atomic E-state index is 0.174. The molecule has 0 aromatic heterocycles. The van der Waals surface area contributed by atoms with Gasteiger partial charge in [0.25, 0.3) is 0 Å². The van der Waals surface area contributed by atoms with Gasteiger partial charge in [-0.25, -0.2) is 0 Å². The molecule has 112 valence electrons. The molecule has 0 amide bonds. The van der Waals surface area contributed by atoms with E-state index in [0.29, 0.717) is 31.0 Å². The molecule has 4 heteroatoms. The minimum Gasteiger partial charge on any atom is -0.394 e. The number of hydrogen-bond donors (Lipinski definition) is 2. The highest BCUT2D eigenvalue weighted by atomic mass is 16.5. The zero-order chi connectivity index (χ0) is 13.9. The molecule has 0 spiro atoms. The fourth-order valence-corrected chi connectivity index (χ4v) is 2.85. The number of ether oxygens (including phenoxy) is 2.